The lowest BCUT2D eigenvalue weighted by molar-refractivity contribution is 0.0995. The van der Waals surface area contributed by atoms with Crippen molar-refractivity contribution in [1.82, 2.24) is 4.98 Å². The van der Waals surface area contributed by atoms with E-state index in [1.807, 2.05) is 54.6 Å². The van der Waals surface area contributed by atoms with Gasteiger partial charge in [-0.25, -0.2) is 4.98 Å². The molecule has 0 aliphatic rings. The van der Waals surface area contributed by atoms with Crippen LogP contribution in [0.1, 0.15) is 26.6 Å². The molecule has 1 amide bonds. The molecule has 2 heterocycles. The van der Waals surface area contributed by atoms with Crippen LogP contribution in [-0.2, 0) is 13.0 Å². The Bertz CT molecular complexity index is 1410. The van der Waals surface area contributed by atoms with Crippen LogP contribution in [0.4, 0.5) is 5.13 Å². The number of fused-ring (bicyclic) bond motifs is 1. The molecule has 164 valence electrons. The van der Waals surface area contributed by atoms with Crippen LogP contribution < -0.4 is 10.1 Å². The fraction of sp³-hybridized carbons (Fsp3) is 0.0769. The van der Waals surface area contributed by atoms with Gasteiger partial charge in [-0.15, -0.1) is 11.3 Å². The Morgan fingerprint density at radius 3 is 2.70 bits per heavy atom. The molecule has 0 radical (unpaired) electrons. The van der Waals surface area contributed by atoms with Gasteiger partial charge in [0, 0.05) is 33.5 Å². The van der Waals surface area contributed by atoms with E-state index >= 15 is 0 Å². The highest BCUT2D eigenvalue weighted by atomic mass is 35.5. The average Bonchev–Trinajstić information content (AvgIpc) is 3.42. The van der Waals surface area contributed by atoms with E-state index in [-0.39, 0.29) is 18.3 Å². The second-order valence-electron chi connectivity index (χ2n) is 7.40. The van der Waals surface area contributed by atoms with Crippen LogP contribution in [0.5, 0.6) is 5.75 Å². The van der Waals surface area contributed by atoms with E-state index in [1.165, 1.54) is 16.9 Å². The third-order valence-corrected chi connectivity index (χ3v) is 6.23. The Morgan fingerprint density at radius 1 is 1.03 bits per heavy atom. The van der Waals surface area contributed by atoms with E-state index < -0.39 is 0 Å². The molecule has 2 aromatic heterocycles. The SMILES string of the molecule is O=C(Nc1ncc(Cc2ccccc2)s1)c1oc2ccccc2c1COc1cccc(Cl)c1. The van der Waals surface area contributed by atoms with Crippen molar-refractivity contribution in [3.8, 4) is 5.75 Å². The first kappa shape index (κ1) is 21.2. The van der Waals surface area contributed by atoms with Crippen molar-refractivity contribution in [2.75, 3.05) is 5.32 Å². The van der Waals surface area contributed by atoms with E-state index in [2.05, 4.69) is 22.4 Å². The molecule has 5 nitrogen and oxygen atoms in total. The zero-order valence-electron chi connectivity index (χ0n) is 17.5. The molecule has 5 aromatic rings. The average molecular weight is 475 g/mol. The van der Waals surface area contributed by atoms with Crippen molar-refractivity contribution in [2.45, 2.75) is 13.0 Å². The minimum absolute atomic E-state index is 0.164. The number of furan rings is 1. The van der Waals surface area contributed by atoms with Gasteiger partial charge in [0.25, 0.3) is 5.91 Å². The zero-order chi connectivity index (χ0) is 22.6. The molecule has 3 aromatic carbocycles. The van der Waals surface area contributed by atoms with Crippen LogP contribution in [0, 0.1) is 0 Å². The molecule has 0 fully saturated rings. The van der Waals surface area contributed by atoms with Crippen LogP contribution in [-0.4, -0.2) is 10.9 Å². The van der Waals surface area contributed by atoms with E-state index in [0.29, 0.717) is 27.1 Å². The van der Waals surface area contributed by atoms with Crippen molar-refractivity contribution in [2.24, 2.45) is 0 Å². The molecular weight excluding hydrogens is 456 g/mol. The highest BCUT2D eigenvalue weighted by Crippen LogP contribution is 2.29. The number of nitrogens with one attached hydrogen (secondary N) is 1. The fourth-order valence-electron chi connectivity index (χ4n) is 3.54. The van der Waals surface area contributed by atoms with Crippen LogP contribution in [0.25, 0.3) is 11.0 Å². The Morgan fingerprint density at radius 2 is 1.85 bits per heavy atom. The van der Waals surface area contributed by atoms with Crippen LogP contribution in [0.2, 0.25) is 5.02 Å². The second kappa shape index (κ2) is 9.48. The number of rotatable bonds is 7. The van der Waals surface area contributed by atoms with Gasteiger partial charge in [0.2, 0.25) is 0 Å². The van der Waals surface area contributed by atoms with Gasteiger partial charge < -0.3 is 9.15 Å². The predicted molar refractivity (Wildman–Crippen MR) is 131 cm³/mol. The maximum Gasteiger partial charge on any atom is 0.293 e. The Labute approximate surface area is 199 Å². The van der Waals surface area contributed by atoms with Crippen molar-refractivity contribution in [3.63, 3.8) is 0 Å². The van der Waals surface area contributed by atoms with Crippen molar-refractivity contribution in [3.05, 3.63) is 112 Å². The highest BCUT2D eigenvalue weighted by Gasteiger charge is 2.22. The van der Waals surface area contributed by atoms with E-state index in [1.54, 1.807) is 18.3 Å². The molecule has 0 bridgehead atoms. The lowest BCUT2D eigenvalue weighted by Gasteiger charge is -2.07. The number of benzene rings is 3. The molecule has 5 rings (SSSR count). The summed E-state index contributed by atoms with van der Waals surface area (Å²) in [5.74, 6) is 0.458. The number of carbonyl (C=O) groups is 1. The number of anilines is 1. The summed E-state index contributed by atoms with van der Waals surface area (Å²) in [6, 6.07) is 24.8. The van der Waals surface area contributed by atoms with Gasteiger partial charge in [-0.2, -0.15) is 0 Å². The molecule has 7 heteroatoms. The molecule has 0 atom stereocenters. The lowest BCUT2D eigenvalue weighted by Crippen LogP contribution is -2.13. The molecule has 0 unspecified atom stereocenters. The summed E-state index contributed by atoms with van der Waals surface area (Å²) in [5, 5.41) is 4.80. The minimum atomic E-state index is -0.364. The Balaban J connectivity index is 1.36. The van der Waals surface area contributed by atoms with Gasteiger partial charge in [0.15, 0.2) is 10.9 Å². The summed E-state index contributed by atoms with van der Waals surface area (Å²) >= 11 is 7.50. The van der Waals surface area contributed by atoms with Gasteiger partial charge in [-0.3, -0.25) is 10.1 Å². The topological polar surface area (TPSA) is 64.4 Å². The summed E-state index contributed by atoms with van der Waals surface area (Å²) in [6.07, 6.45) is 2.55. The van der Waals surface area contributed by atoms with Gasteiger partial charge in [-0.05, 0) is 29.8 Å². The standard InChI is InChI=1S/C26H19ClN2O3S/c27-18-9-6-10-19(14-18)31-16-22-21-11-4-5-12-23(21)32-24(22)25(30)29-26-28-15-20(33-26)13-17-7-2-1-3-8-17/h1-12,14-15H,13,16H2,(H,28,29,30). The summed E-state index contributed by atoms with van der Waals surface area (Å²) in [7, 11) is 0. The first-order chi connectivity index (χ1) is 16.2. The number of thiazole rings is 1. The van der Waals surface area contributed by atoms with Gasteiger partial charge in [-0.1, -0.05) is 66.2 Å². The number of halogens is 1. The maximum atomic E-state index is 13.1. The number of nitrogens with zero attached hydrogens (tertiary/aromatic N) is 1. The van der Waals surface area contributed by atoms with Gasteiger partial charge in [0.1, 0.15) is 17.9 Å². The number of para-hydroxylation sites is 1. The molecule has 0 saturated heterocycles. The summed E-state index contributed by atoms with van der Waals surface area (Å²) in [4.78, 5) is 18.5. The van der Waals surface area contributed by atoms with Gasteiger partial charge in [0.05, 0.1) is 0 Å². The Hall–Kier alpha value is -3.61. The van der Waals surface area contributed by atoms with Crippen molar-refractivity contribution in [1.29, 1.82) is 0 Å². The summed E-state index contributed by atoms with van der Waals surface area (Å²) < 4.78 is 11.8. The molecule has 0 saturated carbocycles. The van der Waals surface area contributed by atoms with Crippen molar-refractivity contribution >= 4 is 44.9 Å². The first-order valence-corrected chi connectivity index (χ1v) is 11.5. The molecule has 33 heavy (non-hydrogen) atoms. The fourth-order valence-corrected chi connectivity index (χ4v) is 4.56. The third kappa shape index (κ3) is 4.92. The van der Waals surface area contributed by atoms with Crippen LogP contribution >= 0.6 is 22.9 Å². The molecule has 1 N–H and O–H groups in total. The number of amides is 1. The molecule has 0 aliphatic heterocycles. The van der Waals surface area contributed by atoms with E-state index in [4.69, 9.17) is 20.8 Å². The molecule has 0 spiro atoms. The predicted octanol–water partition coefficient (Wildman–Crippen LogP) is 6.96. The number of hydrogen-bond acceptors (Lipinski definition) is 5. The zero-order valence-corrected chi connectivity index (χ0v) is 19.0. The molecular formula is C26H19ClN2O3S. The third-order valence-electron chi connectivity index (χ3n) is 5.08. The monoisotopic (exact) mass is 474 g/mol. The smallest absolute Gasteiger partial charge is 0.293 e. The maximum absolute atomic E-state index is 13.1. The minimum Gasteiger partial charge on any atom is -0.489 e. The Kier molecular flexibility index (Phi) is 6.11. The number of carbonyl (C=O) groups excluding carboxylic acids is 1. The van der Waals surface area contributed by atoms with Crippen LogP contribution in [0.3, 0.4) is 0 Å². The lowest BCUT2D eigenvalue weighted by atomic mass is 10.1. The van der Waals surface area contributed by atoms with Crippen LogP contribution in [0.15, 0.2) is 89.5 Å². The highest BCUT2D eigenvalue weighted by molar-refractivity contribution is 7.15. The second-order valence-corrected chi connectivity index (χ2v) is 8.95. The van der Waals surface area contributed by atoms with Gasteiger partial charge >= 0.3 is 0 Å². The summed E-state index contributed by atoms with van der Waals surface area (Å²) in [6.45, 7) is 0.164. The largest absolute Gasteiger partial charge is 0.489 e. The molecule has 0 aliphatic carbocycles. The normalized spacial score (nSPS) is 10.9. The van der Waals surface area contributed by atoms with E-state index in [9.17, 15) is 4.79 Å². The number of aromatic nitrogens is 1. The number of ether oxygens (including phenoxy) is 1. The quantitative estimate of drug-likeness (QED) is 0.277. The van der Waals surface area contributed by atoms with E-state index in [0.717, 1.165) is 16.7 Å². The van der Waals surface area contributed by atoms with Crippen molar-refractivity contribution < 1.29 is 13.9 Å². The first-order valence-electron chi connectivity index (χ1n) is 10.3. The summed E-state index contributed by atoms with van der Waals surface area (Å²) in [5.41, 5.74) is 2.48. The number of hydrogen-bond donors (Lipinski definition) is 1.